The van der Waals surface area contributed by atoms with Gasteiger partial charge in [0.2, 0.25) is 11.8 Å². The summed E-state index contributed by atoms with van der Waals surface area (Å²) in [5, 5.41) is 0. The summed E-state index contributed by atoms with van der Waals surface area (Å²) in [7, 11) is 4.27. The third kappa shape index (κ3) is 9.06. The molecule has 0 unspecified atom stereocenters. The Labute approximate surface area is 355 Å². The Hall–Kier alpha value is -4.52. The largest absolute Gasteiger partial charge is 0.493 e. The van der Waals surface area contributed by atoms with Gasteiger partial charge in [0.15, 0.2) is 0 Å². The zero-order valence-corrected chi connectivity index (χ0v) is 35.7. The van der Waals surface area contributed by atoms with E-state index in [4.69, 9.17) is 19.4 Å². The number of hydrogen-bond donors (Lipinski definition) is 2. The highest BCUT2D eigenvalue weighted by molar-refractivity contribution is 5.81. The van der Waals surface area contributed by atoms with E-state index in [1.165, 1.54) is 12.8 Å². The second-order valence-electron chi connectivity index (χ2n) is 18.2. The van der Waals surface area contributed by atoms with Gasteiger partial charge in [0.1, 0.15) is 17.4 Å². The lowest BCUT2D eigenvalue weighted by Crippen LogP contribution is -2.42. The quantitative estimate of drug-likeness (QED) is 0.209. The van der Waals surface area contributed by atoms with E-state index in [1.54, 1.807) is 0 Å². The fourth-order valence-electron chi connectivity index (χ4n) is 10.2. The molecule has 0 saturated carbocycles. The summed E-state index contributed by atoms with van der Waals surface area (Å²) in [6, 6.07) is 14.9. The molecule has 2 N–H and O–H groups in total. The second kappa shape index (κ2) is 18.6. The molecule has 5 aliphatic rings. The fraction of sp³-hybridized carbons (Fsp3) is 0.583. The van der Waals surface area contributed by atoms with Crippen LogP contribution in [0.5, 0.6) is 5.75 Å². The van der Waals surface area contributed by atoms with E-state index >= 15 is 0 Å². The zero-order valence-electron chi connectivity index (χ0n) is 35.7. The number of benzene rings is 2. The molecule has 4 bridgehead atoms. The standard InChI is InChI=1S/C48H64N8O4/c1-53-22-17-35(18-23-53)47(57)55-21-9-10-42(55)45-49-30-40(51-45)34-13-11-33(12-14-34)37-15-16-39-41-31-50-46(52-41)43-29-38(32-56(43)48(58)36-19-24-54(2)25-20-36)59-26-7-5-3-4-6-8-27-60-44(39)28-37/h11-16,28,30-31,35-36,38,42-43H,3-10,17-27,29,32H2,1-2H3,(H,49,51)(H,50,52)/t38-,42-,43-/m0/s1. The van der Waals surface area contributed by atoms with Gasteiger partial charge in [0.25, 0.3) is 0 Å². The molecule has 0 aliphatic carbocycles. The van der Waals surface area contributed by atoms with E-state index in [9.17, 15) is 9.59 Å². The smallest absolute Gasteiger partial charge is 0.226 e. The van der Waals surface area contributed by atoms with Crippen LogP contribution in [-0.4, -0.2) is 124 Å². The Morgan fingerprint density at radius 1 is 0.617 bits per heavy atom. The second-order valence-corrected chi connectivity index (χ2v) is 18.2. The average Bonchev–Trinajstić information content (AvgIpc) is 4.11. The third-order valence-electron chi connectivity index (χ3n) is 14.0. The van der Waals surface area contributed by atoms with Crippen molar-refractivity contribution < 1.29 is 19.1 Å². The van der Waals surface area contributed by atoms with Crippen LogP contribution in [0.3, 0.4) is 0 Å². The molecular weight excluding hydrogens is 753 g/mol. The van der Waals surface area contributed by atoms with Gasteiger partial charge in [0.05, 0.1) is 48.6 Å². The Morgan fingerprint density at radius 3 is 1.92 bits per heavy atom. The fourth-order valence-corrected chi connectivity index (χ4v) is 10.2. The zero-order chi connectivity index (χ0) is 41.0. The van der Waals surface area contributed by atoms with Gasteiger partial charge in [-0.05, 0) is 120 Å². The lowest BCUT2D eigenvalue weighted by atomic mass is 9.95. The van der Waals surface area contributed by atoms with E-state index in [1.807, 2.05) is 12.4 Å². The number of nitrogens with one attached hydrogen (secondary N) is 2. The molecule has 5 aliphatic heterocycles. The molecule has 12 heteroatoms. The van der Waals surface area contributed by atoms with Crippen molar-refractivity contribution in [1.82, 2.24) is 39.5 Å². The van der Waals surface area contributed by atoms with Crippen LogP contribution in [0.25, 0.3) is 33.6 Å². The molecule has 2 aromatic heterocycles. The van der Waals surface area contributed by atoms with Crippen LogP contribution in [0.4, 0.5) is 0 Å². The molecule has 2 amide bonds. The predicted molar refractivity (Wildman–Crippen MR) is 233 cm³/mol. The Kier molecular flexibility index (Phi) is 12.7. The number of piperidine rings is 2. The number of H-pyrrole nitrogens is 2. The van der Waals surface area contributed by atoms with Crippen LogP contribution in [0.1, 0.15) is 107 Å². The van der Waals surface area contributed by atoms with Crippen LogP contribution in [0, 0.1) is 11.8 Å². The SMILES string of the molecule is CN1CCC(C(=O)N2CCC[C@H]2c2ncc(-c3ccc(-c4ccc5c(c4)OCCCCCCCCO[C@H]4C[C@@H](c6ncc-5[nH]6)N(C(=O)C5CCN(C)CC5)C4)cc3)[nH]2)CC1. The summed E-state index contributed by atoms with van der Waals surface area (Å²) in [5.41, 5.74) is 6.05. The van der Waals surface area contributed by atoms with Gasteiger partial charge < -0.3 is 39.0 Å². The number of aromatic nitrogens is 4. The molecule has 12 nitrogen and oxygen atoms in total. The molecule has 4 aromatic rings. The molecule has 4 fully saturated rings. The van der Waals surface area contributed by atoms with Crippen LogP contribution >= 0.6 is 0 Å². The first kappa shape index (κ1) is 40.9. The Morgan fingerprint density at radius 2 is 1.20 bits per heavy atom. The lowest BCUT2D eigenvalue weighted by Gasteiger charge is -2.32. The minimum Gasteiger partial charge on any atom is -0.493 e. The number of carbonyl (C=O) groups is 2. The van der Waals surface area contributed by atoms with E-state index < -0.39 is 0 Å². The van der Waals surface area contributed by atoms with Crippen molar-refractivity contribution in [2.45, 2.75) is 102 Å². The van der Waals surface area contributed by atoms with Crippen LogP contribution in [0.2, 0.25) is 0 Å². The van der Waals surface area contributed by atoms with E-state index in [2.05, 4.69) is 86.1 Å². The maximum atomic E-state index is 14.1. The Bertz CT molecular complexity index is 2060. The van der Waals surface area contributed by atoms with Crippen molar-refractivity contribution in [3.8, 4) is 39.4 Å². The highest BCUT2D eigenvalue weighted by Gasteiger charge is 2.41. The molecule has 3 atom stereocenters. The molecule has 4 saturated heterocycles. The van der Waals surface area contributed by atoms with Gasteiger partial charge >= 0.3 is 0 Å². The van der Waals surface area contributed by atoms with Crippen LogP contribution < -0.4 is 4.74 Å². The van der Waals surface area contributed by atoms with Crippen molar-refractivity contribution in [2.75, 3.05) is 66.6 Å². The monoisotopic (exact) mass is 817 g/mol. The van der Waals surface area contributed by atoms with Gasteiger partial charge in [-0.25, -0.2) is 9.97 Å². The van der Waals surface area contributed by atoms with Gasteiger partial charge in [-0.3, -0.25) is 9.59 Å². The lowest BCUT2D eigenvalue weighted by molar-refractivity contribution is -0.139. The third-order valence-corrected chi connectivity index (χ3v) is 14.0. The van der Waals surface area contributed by atoms with Crippen molar-refractivity contribution in [2.24, 2.45) is 11.8 Å². The maximum absolute atomic E-state index is 14.1. The molecule has 320 valence electrons. The normalized spacial score (nSPS) is 24.5. The first-order valence-corrected chi connectivity index (χ1v) is 23.0. The number of carbonyl (C=O) groups excluding carboxylic acids is 2. The highest BCUT2D eigenvalue weighted by atomic mass is 16.5. The van der Waals surface area contributed by atoms with Gasteiger partial charge in [-0.1, -0.05) is 56.0 Å². The number of fused-ring (bicyclic) bond motifs is 7. The summed E-state index contributed by atoms with van der Waals surface area (Å²) in [5.74, 6) is 3.23. The van der Waals surface area contributed by atoms with E-state index in [0.717, 1.165) is 161 Å². The van der Waals surface area contributed by atoms with E-state index in [-0.39, 0.29) is 35.9 Å². The molecule has 0 spiro atoms. The van der Waals surface area contributed by atoms with Crippen molar-refractivity contribution in [3.05, 3.63) is 66.5 Å². The molecule has 2 aromatic carbocycles. The molecule has 7 heterocycles. The number of likely N-dealkylation sites (tertiary alicyclic amines) is 4. The highest BCUT2D eigenvalue weighted by Crippen LogP contribution is 2.39. The number of nitrogens with zero attached hydrogens (tertiary/aromatic N) is 6. The Balaban J connectivity index is 0.930. The summed E-state index contributed by atoms with van der Waals surface area (Å²) in [4.78, 5) is 53.4. The molecule has 9 rings (SSSR count). The number of imidazole rings is 2. The minimum absolute atomic E-state index is 0.00787. The van der Waals surface area contributed by atoms with Crippen LogP contribution in [0.15, 0.2) is 54.9 Å². The summed E-state index contributed by atoms with van der Waals surface area (Å²) < 4.78 is 13.0. The topological polar surface area (TPSA) is 123 Å². The minimum atomic E-state index is -0.147. The number of aromatic amines is 2. The first-order valence-electron chi connectivity index (χ1n) is 23.0. The van der Waals surface area contributed by atoms with Crippen molar-refractivity contribution in [1.29, 1.82) is 0 Å². The number of hydrogen-bond acceptors (Lipinski definition) is 8. The number of rotatable bonds is 5. The maximum Gasteiger partial charge on any atom is 0.226 e. The van der Waals surface area contributed by atoms with Crippen LogP contribution in [-0.2, 0) is 14.3 Å². The van der Waals surface area contributed by atoms with Gasteiger partial charge in [-0.2, -0.15) is 0 Å². The van der Waals surface area contributed by atoms with Crippen molar-refractivity contribution >= 4 is 11.8 Å². The van der Waals surface area contributed by atoms with Gasteiger partial charge in [0, 0.05) is 43.5 Å². The molecular formula is C48H64N8O4. The van der Waals surface area contributed by atoms with Gasteiger partial charge in [-0.15, -0.1) is 0 Å². The molecule has 0 radical (unpaired) electrons. The summed E-state index contributed by atoms with van der Waals surface area (Å²) in [6.45, 7) is 6.69. The molecule has 60 heavy (non-hydrogen) atoms. The van der Waals surface area contributed by atoms with E-state index in [0.29, 0.717) is 19.1 Å². The summed E-state index contributed by atoms with van der Waals surface area (Å²) in [6.07, 6.45) is 16.9. The van der Waals surface area contributed by atoms with Crippen molar-refractivity contribution in [3.63, 3.8) is 0 Å². The number of amides is 2. The number of ether oxygens (including phenoxy) is 2. The first-order chi connectivity index (χ1) is 29.4. The average molecular weight is 817 g/mol. The summed E-state index contributed by atoms with van der Waals surface area (Å²) >= 11 is 0. The predicted octanol–water partition coefficient (Wildman–Crippen LogP) is 7.87.